The van der Waals surface area contributed by atoms with Gasteiger partial charge in [0, 0.05) is 5.92 Å². The number of cyclic esters (lactones) is 1. The van der Waals surface area contributed by atoms with E-state index in [1.807, 2.05) is 62.4 Å². The van der Waals surface area contributed by atoms with Crippen LogP contribution in [0.5, 0.6) is 0 Å². The molecule has 6 heteroatoms. The minimum atomic E-state index is -0.624. The Labute approximate surface area is 208 Å². The Balaban J connectivity index is 1.61. The number of unbranched alkanes of at least 4 members (excludes halogenated alkanes) is 2. The van der Waals surface area contributed by atoms with Gasteiger partial charge in [0.2, 0.25) is 5.91 Å². The van der Waals surface area contributed by atoms with Crippen LogP contribution in [-0.4, -0.2) is 42.1 Å². The SMILES string of the molecule is CC(C)COC(=O)C[C@H](CCCCCc1ccccc1)C(=O)N1C(=O)OC[C@H]1Cc1ccccc1. The predicted octanol–water partition coefficient (Wildman–Crippen LogP) is 5.59. The number of aryl methyl sites for hydroxylation is 1. The fourth-order valence-electron chi connectivity index (χ4n) is 4.34. The van der Waals surface area contributed by atoms with Crippen LogP contribution in [0.4, 0.5) is 4.79 Å². The minimum Gasteiger partial charge on any atom is -0.465 e. The molecule has 0 N–H and O–H groups in total. The number of esters is 1. The van der Waals surface area contributed by atoms with Gasteiger partial charge in [-0.15, -0.1) is 0 Å². The maximum absolute atomic E-state index is 13.5. The molecule has 0 spiro atoms. The third-order valence-electron chi connectivity index (χ3n) is 6.21. The molecule has 188 valence electrons. The second-order valence-corrected chi connectivity index (χ2v) is 9.69. The molecule has 3 rings (SSSR count). The number of nitrogens with zero attached hydrogens (tertiary/aromatic N) is 1. The number of ether oxygens (including phenoxy) is 2. The largest absolute Gasteiger partial charge is 0.465 e. The molecule has 1 fully saturated rings. The van der Waals surface area contributed by atoms with Crippen LogP contribution < -0.4 is 0 Å². The van der Waals surface area contributed by atoms with Crippen LogP contribution >= 0.6 is 0 Å². The van der Waals surface area contributed by atoms with Gasteiger partial charge >= 0.3 is 12.1 Å². The van der Waals surface area contributed by atoms with Gasteiger partial charge in [-0.05, 0) is 42.7 Å². The van der Waals surface area contributed by atoms with Gasteiger partial charge < -0.3 is 9.47 Å². The number of hydrogen-bond acceptors (Lipinski definition) is 5. The van der Waals surface area contributed by atoms with Crippen molar-refractivity contribution in [2.75, 3.05) is 13.2 Å². The lowest BCUT2D eigenvalue weighted by Crippen LogP contribution is -2.44. The summed E-state index contributed by atoms with van der Waals surface area (Å²) in [5.74, 6) is -1.11. The molecule has 2 aromatic rings. The number of carbonyl (C=O) groups excluding carboxylic acids is 3. The van der Waals surface area contributed by atoms with Crippen molar-refractivity contribution in [1.29, 1.82) is 0 Å². The Morgan fingerprint density at radius 2 is 1.63 bits per heavy atom. The topological polar surface area (TPSA) is 72.9 Å². The molecule has 0 unspecified atom stereocenters. The molecule has 2 aromatic carbocycles. The van der Waals surface area contributed by atoms with Crippen LogP contribution in [-0.2, 0) is 31.9 Å². The molecule has 0 saturated carbocycles. The quantitative estimate of drug-likeness (QED) is 0.277. The highest BCUT2D eigenvalue weighted by atomic mass is 16.6. The van der Waals surface area contributed by atoms with Crippen LogP contribution in [0.25, 0.3) is 0 Å². The highest BCUT2D eigenvalue weighted by molar-refractivity contribution is 5.96. The maximum atomic E-state index is 13.5. The molecule has 2 amide bonds. The van der Waals surface area contributed by atoms with Crippen molar-refractivity contribution in [2.24, 2.45) is 11.8 Å². The smallest absolute Gasteiger partial charge is 0.416 e. The van der Waals surface area contributed by atoms with Crippen LogP contribution in [0, 0.1) is 11.8 Å². The van der Waals surface area contributed by atoms with E-state index in [1.165, 1.54) is 10.5 Å². The summed E-state index contributed by atoms with van der Waals surface area (Å²) in [4.78, 5) is 39.8. The van der Waals surface area contributed by atoms with Gasteiger partial charge in [-0.25, -0.2) is 9.69 Å². The molecule has 6 nitrogen and oxygen atoms in total. The number of rotatable bonds is 13. The average molecular weight is 480 g/mol. The molecule has 1 aliphatic heterocycles. The highest BCUT2D eigenvalue weighted by Crippen LogP contribution is 2.25. The van der Waals surface area contributed by atoms with Crippen molar-refractivity contribution in [2.45, 2.75) is 64.8 Å². The Bertz CT molecular complexity index is 944. The van der Waals surface area contributed by atoms with E-state index in [9.17, 15) is 14.4 Å². The van der Waals surface area contributed by atoms with Gasteiger partial charge in [-0.2, -0.15) is 0 Å². The normalized spacial score (nSPS) is 16.3. The summed E-state index contributed by atoms with van der Waals surface area (Å²) in [7, 11) is 0. The molecule has 1 heterocycles. The number of benzene rings is 2. The van der Waals surface area contributed by atoms with Gasteiger partial charge in [0.15, 0.2) is 0 Å². The second-order valence-electron chi connectivity index (χ2n) is 9.69. The molecule has 0 radical (unpaired) electrons. The van der Waals surface area contributed by atoms with Gasteiger partial charge in [0.05, 0.1) is 19.1 Å². The third-order valence-corrected chi connectivity index (χ3v) is 6.21. The summed E-state index contributed by atoms with van der Waals surface area (Å²) in [5, 5.41) is 0. The lowest BCUT2D eigenvalue weighted by Gasteiger charge is -2.25. The molecule has 0 bridgehead atoms. The Kier molecular flexibility index (Phi) is 10.3. The predicted molar refractivity (Wildman–Crippen MR) is 135 cm³/mol. The average Bonchev–Trinajstić information content (AvgIpc) is 3.22. The lowest BCUT2D eigenvalue weighted by molar-refractivity contribution is -0.149. The number of carbonyl (C=O) groups is 3. The van der Waals surface area contributed by atoms with Gasteiger partial charge in [0.25, 0.3) is 0 Å². The first-order chi connectivity index (χ1) is 16.9. The Morgan fingerprint density at radius 3 is 2.29 bits per heavy atom. The maximum Gasteiger partial charge on any atom is 0.416 e. The first-order valence-corrected chi connectivity index (χ1v) is 12.7. The van der Waals surface area contributed by atoms with Crippen LogP contribution in [0.1, 0.15) is 57.1 Å². The van der Waals surface area contributed by atoms with Crippen molar-refractivity contribution >= 4 is 18.0 Å². The standard InChI is InChI=1S/C29H37NO5/c1-22(2)20-34-27(31)19-25(17-11-5-8-14-23-12-6-3-7-13-23)28(32)30-26(21-35-29(30)33)18-24-15-9-4-10-16-24/h3-4,6-7,9-10,12-13,15-16,22,25-26H,5,8,11,14,17-21H2,1-2H3/t25-,26+/m0/s1. The van der Waals surface area contributed by atoms with E-state index in [-0.39, 0.29) is 30.9 Å². The number of hydrogen-bond donors (Lipinski definition) is 0. The van der Waals surface area contributed by atoms with Crippen molar-refractivity contribution in [3.8, 4) is 0 Å². The summed E-state index contributed by atoms with van der Waals surface area (Å²) in [6, 6.07) is 19.7. The van der Waals surface area contributed by atoms with E-state index in [2.05, 4.69) is 12.1 Å². The summed E-state index contributed by atoms with van der Waals surface area (Å²) >= 11 is 0. The molecular weight excluding hydrogens is 442 g/mol. The van der Waals surface area contributed by atoms with Gasteiger partial charge in [-0.3, -0.25) is 9.59 Å². The van der Waals surface area contributed by atoms with Crippen LogP contribution in [0.15, 0.2) is 60.7 Å². The fourth-order valence-corrected chi connectivity index (χ4v) is 4.34. The molecule has 1 saturated heterocycles. The molecule has 2 atom stereocenters. The van der Waals surface area contributed by atoms with Crippen molar-refractivity contribution in [1.82, 2.24) is 4.90 Å². The van der Waals surface area contributed by atoms with E-state index in [0.29, 0.717) is 19.4 Å². The summed E-state index contributed by atoms with van der Waals surface area (Å²) in [5.41, 5.74) is 2.32. The zero-order valence-electron chi connectivity index (χ0n) is 20.9. The van der Waals surface area contributed by atoms with E-state index >= 15 is 0 Å². The number of imide groups is 1. The van der Waals surface area contributed by atoms with Crippen molar-refractivity contribution < 1.29 is 23.9 Å². The highest BCUT2D eigenvalue weighted by Gasteiger charge is 2.41. The molecule has 0 aromatic heterocycles. The summed E-state index contributed by atoms with van der Waals surface area (Å²) < 4.78 is 10.6. The Morgan fingerprint density at radius 1 is 0.971 bits per heavy atom. The van der Waals surface area contributed by atoms with Crippen molar-refractivity contribution in [3.63, 3.8) is 0 Å². The van der Waals surface area contributed by atoms with Crippen LogP contribution in [0.3, 0.4) is 0 Å². The first-order valence-electron chi connectivity index (χ1n) is 12.7. The molecule has 0 aliphatic carbocycles. The molecular formula is C29H37NO5. The number of amides is 2. The molecule has 1 aliphatic rings. The van der Waals surface area contributed by atoms with Crippen molar-refractivity contribution in [3.05, 3.63) is 71.8 Å². The lowest BCUT2D eigenvalue weighted by atomic mass is 9.94. The third kappa shape index (κ3) is 8.53. The minimum absolute atomic E-state index is 0.0218. The monoisotopic (exact) mass is 479 g/mol. The van der Waals surface area contributed by atoms with Gasteiger partial charge in [0.1, 0.15) is 6.61 Å². The molecule has 35 heavy (non-hydrogen) atoms. The zero-order valence-corrected chi connectivity index (χ0v) is 20.9. The van der Waals surface area contributed by atoms with E-state index in [4.69, 9.17) is 9.47 Å². The Hall–Kier alpha value is -3.15. The van der Waals surface area contributed by atoms with Crippen LogP contribution in [0.2, 0.25) is 0 Å². The van der Waals surface area contributed by atoms with E-state index in [0.717, 1.165) is 31.2 Å². The summed E-state index contributed by atoms with van der Waals surface area (Å²) in [6.45, 7) is 4.43. The summed E-state index contributed by atoms with van der Waals surface area (Å²) in [6.07, 6.45) is 4.14. The van der Waals surface area contributed by atoms with Gasteiger partial charge in [-0.1, -0.05) is 87.4 Å². The van der Waals surface area contributed by atoms with E-state index in [1.54, 1.807) is 0 Å². The first kappa shape index (κ1) is 26.5. The second kappa shape index (κ2) is 13.7. The fraction of sp³-hybridized carbons (Fsp3) is 0.483. The van der Waals surface area contributed by atoms with E-state index < -0.39 is 18.0 Å². The zero-order chi connectivity index (χ0) is 25.0.